The molecule has 0 bridgehead atoms. The first-order chi connectivity index (χ1) is 13.0. The summed E-state index contributed by atoms with van der Waals surface area (Å²) in [5.74, 6) is -0.343. The molecule has 1 amide bonds. The number of carbonyl (C=O) groups is 1. The lowest BCUT2D eigenvalue weighted by Crippen LogP contribution is -2.26. The van der Waals surface area contributed by atoms with E-state index in [0.717, 1.165) is 17.5 Å². The van der Waals surface area contributed by atoms with E-state index in [4.69, 9.17) is 0 Å². The largest absolute Gasteiger partial charge is 0.305 e. The fourth-order valence-electron chi connectivity index (χ4n) is 2.61. The molecule has 2 aromatic heterocycles. The molecule has 0 saturated heterocycles. The van der Waals surface area contributed by atoms with Gasteiger partial charge < -0.3 is 5.32 Å². The van der Waals surface area contributed by atoms with Crippen molar-refractivity contribution in [3.8, 4) is 0 Å². The van der Waals surface area contributed by atoms with Crippen LogP contribution in [0.4, 0.5) is 10.2 Å². The highest BCUT2D eigenvalue weighted by atomic mass is 19.1. The van der Waals surface area contributed by atoms with E-state index in [1.165, 1.54) is 28.9 Å². The summed E-state index contributed by atoms with van der Waals surface area (Å²) in [5, 5.41) is 6.73. The van der Waals surface area contributed by atoms with Gasteiger partial charge >= 0.3 is 0 Å². The van der Waals surface area contributed by atoms with Crippen LogP contribution in [0.15, 0.2) is 59.5 Å². The molecule has 3 rings (SSSR count). The zero-order valence-corrected chi connectivity index (χ0v) is 14.9. The smallest absolute Gasteiger partial charge is 0.277 e. The topological polar surface area (TPSA) is 76.9 Å². The highest BCUT2D eigenvalue weighted by Gasteiger charge is 2.10. The van der Waals surface area contributed by atoms with Gasteiger partial charge in [0.1, 0.15) is 17.3 Å². The molecule has 3 aromatic rings. The summed E-state index contributed by atoms with van der Waals surface area (Å²) in [6.07, 6.45) is 2.92. The van der Waals surface area contributed by atoms with Crippen molar-refractivity contribution in [2.45, 2.75) is 26.3 Å². The summed E-state index contributed by atoms with van der Waals surface area (Å²) >= 11 is 0. The first kappa shape index (κ1) is 18.4. The Morgan fingerprint density at radius 2 is 2.00 bits per heavy atom. The Morgan fingerprint density at radius 1 is 1.15 bits per heavy atom. The molecule has 0 saturated carbocycles. The highest BCUT2D eigenvalue weighted by Crippen LogP contribution is 2.12. The average Bonchev–Trinajstić information content (AvgIpc) is 2.65. The molecule has 7 heteroatoms. The Bertz CT molecular complexity index is 999. The van der Waals surface area contributed by atoms with Crippen molar-refractivity contribution >= 4 is 11.7 Å². The first-order valence-electron chi connectivity index (χ1n) is 8.64. The highest BCUT2D eigenvalue weighted by molar-refractivity contribution is 6.02. The third-order valence-electron chi connectivity index (χ3n) is 3.90. The number of aryl methyl sites for hydroxylation is 1. The maximum Gasteiger partial charge on any atom is 0.277 e. The number of carbonyl (C=O) groups excluding carboxylic acids is 1. The summed E-state index contributed by atoms with van der Waals surface area (Å²) in [5.41, 5.74) is 1.64. The molecule has 1 N–H and O–H groups in total. The lowest BCUT2D eigenvalue weighted by atomic mass is 10.1. The molecule has 0 fully saturated rings. The van der Waals surface area contributed by atoms with Gasteiger partial charge in [-0.2, -0.15) is 5.10 Å². The number of hydrogen-bond donors (Lipinski definition) is 1. The maximum absolute atomic E-state index is 13.3. The molecule has 138 valence electrons. The number of pyridine rings is 1. The second kappa shape index (κ2) is 8.35. The van der Waals surface area contributed by atoms with Crippen LogP contribution in [-0.4, -0.2) is 20.7 Å². The van der Waals surface area contributed by atoms with Crippen LogP contribution in [-0.2, 0) is 13.0 Å². The third-order valence-corrected chi connectivity index (χ3v) is 3.90. The van der Waals surface area contributed by atoms with E-state index < -0.39 is 5.91 Å². The van der Waals surface area contributed by atoms with Crippen LogP contribution in [0.1, 0.15) is 35.0 Å². The zero-order chi connectivity index (χ0) is 19.2. The van der Waals surface area contributed by atoms with Gasteiger partial charge in [0.2, 0.25) is 0 Å². The molecule has 0 aliphatic carbocycles. The lowest BCUT2D eigenvalue weighted by molar-refractivity contribution is 0.101. The van der Waals surface area contributed by atoms with Crippen LogP contribution in [0.2, 0.25) is 0 Å². The fourth-order valence-corrected chi connectivity index (χ4v) is 2.61. The van der Waals surface area contributed by atoms with Gasteiger partial charge in [-0.05, 0) is 48.2 Å². The van der Waals surface area contributed by atoms with Crippen LogP contribution in [0, 0.1) is 5.82 Å². The number of anilines is 1. The van der Waals surface area contributed by atoms with Crippen molar-refractivity contribution in [3.05, 3.63) is 87.7 Å². The predicted octanol–water partition coefficient (Wildman–Crippen LogP) is 3.03. The summed E-state index contributed by atoms with van der Waals surface area (Å²) in [7, 11) is 0. The number of benzene rings is 1. The SMILES string of the molecule is CCCn1nc(C(=O)Nc2ccc(Cc3cccc(F)c3)cn2)ccc1=O. The monoisotopic (exact) mass is 366 g/mol. The molecule has 1 aromatic carbocycles. The van der Waals surface area contributed by atoms with Gasteiger partial charge in [-0.25, -0.2) is 14.1 Å². The van der Waals surface area contributed by atoms with Crippen molar-refractivity contribution in [2.75, 3.05) is 5.32 Å². The Balaban J connectivity index is 1.68. The minimum atomic E-state index is -0.440. The summed E-state index contributed by atoms with van der Waals surface area (Å²) in [6.45, 7) is 2.38. The summed E-state index contributed by atoms with van der Waals surface area (Å²) in [4.78, 5) is 28.2. The van der Waals surface area contributed by atoms with Crippen molar-refractivity contribution in [2.24, 2.45) is 0 Å². The molecular weight excluding hydrogens is 347 g/mol. The average molecular weight is 366 g/mol. The molecular formula is C20H19FN4O2. The Kier molecular flexibility index (Phi) is 5.71. The normalized spacial score (nSPS) is 10.6. The third kappa shape index (κ3) is 4.84. The number of nitrogens with one attached hydrogen (secondary N) is 1. The summed E-state index contributed by atoms with van der Waals surface area (Å²) < 4.78 is 14.5. The molecule has 27 heavy (non-hydrogen) atoms. The van der Waals surface area contributed by atoms with Gasteiger partial charge in [0.25, 0.3) is 11.5 Å². The zero-order valence-electron chi connectivity index (χ0n) is 14.9. The van der Waals surface area contributed by atoms with Gasteiger partial charge in [-0.3, -0.25) is 9.59 Å². The predicted molar refractivity (Wildman–Crippen MR) is 100 cm³/mol. The van der Waals surface area contributed by atoms with E-state index in [1.807, 2.05) is 19.1 Å². The number of aromatic nitrogens is 3. The van der Waals surface area contributed by atoms with Gasteiger partial charge in [0.05, 0.1) is 0 Å². The Labute approximate surface area is 155 Å². The molecule has 2 heterocycles. The molecule has 0 spiro atoms. The number of nitrogens with zero attached hydrogens (tertiary/aromatic N) is 3. The van der Waals surface area contributed by atoms with Crippen LogP contribution in [0.3, 0.4) is 0 Å². The molecule has 0 aliphatic heterocycles. The molecule has 6 nitrogen and oxygen atoms in total. The Hall–Kier alpha value is -3.35. The first-order valence-corrected chi connectivity index (χ1v) is 8.64. The molecule has 0 aliphatic rings. The van der Waals surface area contributed by atoms with E-state index in [0.29, 0.717) is 18.8 Å². The van der Waals surface area contributed by atoms with Crippen LogP contribution >= 0.6 is 0 Å². The van der Waals surface area contributed by atoms with E-state index in [-0.39, 0.29) is 17.1 Å². The van der Waals surface area contributed by atoms with Gasteiger partial charge in [0, 0.05) is 18.8 Å². The second-order valence-corrected chi connectivity index (χ2v) is 6.09. The molecule has 0 radical (unpaired) electrons. The van der Waals surface area contributed by atoms with Gasteiger partial charge in [0.15, 0.2) is 0 Å². The van der Waals surface area contributed by atoms with Crippen molar-refractivity contribution < 1.29 is 9.18 Å². The van der Waals surface area contributed by atoms with Crippen LogP contribution in [0.5, 0.6) is 0 Å². The minimum Gasteiger partial charge on any atom is -0.305 e. The quantitative estimate of drug-likeness (QED) is 0.727. The Morgan fingerprint density at radius 3 is 2.70 bits per heavy atom. The fraction of sp³-hybridized carbons (Fsp3) is 0.200. The van der Waals surface area contributed by atoms with E-state index in [9.17, 15) is 14.0 Å². The standard InChI is InChI=1S/C20H19FN4O2/c1-2-10-25-19(26)9-7-17(24-25)20(27)23-18-8-6-15(13-22-18)11-14-4-3-5-16(21)12-14/h3-9,12-13H,2,10-11H2,1H3,(H,22,23,27). The second-order valence-electron chi connectivity index (χ2n) is 6.09. The number of rotatable bonds is 6. The van der Waals surface area contributed by atoms with Crippen LogP contribution < -0.4 is 10.9 Å². The maximum atomic E-state index is 13.3. The van der Waals surface area contributed by atoms with Crippen molar-refractivity contribution in [1.29, 1.82) is 0 Å². The minimum absolute atomic E-state index is 0.147. The number of halogens is 1. The summed E-state index contributed by atoms with van der Waals surface area (Å²) in [6, 6.07) is 12.6. The van der Waals surface area contributed by atoms with Crippen molar-refractivity contribution in [1.82, 2.24) is 14.8 Å². The lowest BCUT2D eigenvalue weighted by Gasteiger charge is -2.07. The number of hydrogen-bond acceptors (Lipinski definition) is 4. The van der Waals surface area contributed by atoms with Gasteiger partial charge in [-0.1, -0.05) is 25.1 Å². The van der Waals surface area contributed by atoms with E-state index in [2.05, 4.69) is 15.4 Å². The van der Waals surface area contributed by atoms with Gasteiger partial charge in [-0.15, -0.1) is 0 Å². The van der Waals surface area contributed by atoms with Crippen LogP contribution in [0.25, 0.3) is 0 Å². The van der Waals surface area contributed by atoms with E-state index >= 15 is 0 Å². The molecule has 0 unspecified atom stereocenters. The molecule has 0 atom stereocenters. The number of amides is 1. The van der Waals surface area contributed by atoms with E-state index in [1.54, 1.807) is 18.3 Å². The van der Waals surface area contributed by atoms with Crippen molar-refractivity contribution in [3.63, 3.8) is 0 Å².